The number of fused-ring (bicyclic) bond motifs is 1. The molecule has 28 heavy (non-hydrogen) atoms. The fraction of sp³-hybridized carbons (Fsp3) is 0.211. The van der Waals surface area contributed by atoms with Crippen LogP contribution in [0.1, 0.15) is 11.3 Å². The van der Waals surface area contributed by atoms with E-state index < -0.39 is 0 Å². The zero-order valence-corrected chi connectivity index (χ0v) is 17.7. The van der Waals surface area contributed by atoms with Gasteiger partial charge >= 0.3 is 0 Å². The summed E-state index contributed by atoms with van der Waals surface area (Å²) in [5, 5.41) is 22.8. The van der Waals surface area contributed by atoms with Gasteiger partial charge in [0.25, 0.3) is 0 Å². The standard InChI is InChI=1S/C19H18BrN5O2S/c1-24-12(10-28-14-5-3-13(27-2)4-6-14)7-15-16(9-25-11-21-22-23-25)19(26)17(20)8-18(15)24/h3-8,11,26H,9-10H2,1-2H3. The molecule has 0 spiro atoms. The summed E-state index contributed by atoms with van der Waals surface area (Å²) >= 11 is 5.22. The lowest BCUT2D eigenvalue weighted by Gasteiger charge is -2.09. The number of hydrogen-bond donors (Lipinski definition) is 1. The Bertz CT molecular complexity index is 1110. The second kappa shape index (κ2) is 7.84. The summed E-state index contributed by atoms with van der Waals surface area (Å²) in [4.78, 5) is 1.17. The van der Waals surface area contributed by atoms with Crippen LogP contribution in [-0.2, 0) is 19.3 Å². The molecule has 9 heteroatoms. The van der Waals surface area contributed by atoms with Crippen LogP contribution in [0, 0.1) is 0 Å². The van der Waals surface area contributed by atoms with Crippen molar-refractivity contribution in [1.29, 1.82) is 0 Å². The van der Waals surface area contributed by atoms with Crippen LogP contribution in [0.15, 0.2) is 52.1 Å². The van der Waals surface area contributed by atoms with Gasteiger partial charge in [0.05, 0.1) is 18.1 Å². The number of aromatic nitrogens is 5. The number of phenolic OH excluding ortho intramolecular Hbond substituents is 1. The Balaban J connectivity index is 1.66. The molecule has 2 aromatic heterocycles. The van der Waals surface area contributed by atoms with Gasteiger partial charge < -0.3 is 14.4 Å². The van der Waals surface area contributed by atoms with Crippen LogP contribution < -0.4 is 4.74 Å². The highest BCUT2D eigenvalue weighted by Gasteiger charge is 2.17. The van der Waals surface area contributed by atoms with Crippen molar-refractivity contribution in [2.75, 3.05) is 7.11 Å². The molecule has 0 aliphatic heterocycles. The molecule has 2 heterocycles. The van der Waals surface area contributed by atoms with Crippen molar-refractivity contribution in [3.63, 3.8) is 0 Å². The van der Waals surface area contributed by atoms with Gasteiger partial charge in [-0.05, 0) is 62.8 Å². The molecule has 4 aromatic rings. The van der Waals surface area contributed by atoms with Crippen molar-refractivity contribution in [2.24, 2.45) is 7.05 Å². The zero-order chi connectivity index (χ0) is 19.7. The molecule has 0 fully saturated rings. The van der Waals surface area contributed by atoms with Crippen LogP contribution in [0.5, 0.6) is 11.5 Å². The van der Waals surface area contributed by atoms with Crippen molar-refractivity contribution >= 4 is 38.6 Å². The predicted octanol–water partition coefficient (Wildman–Crippen LogP) is 3.98. The summed E-state index contributed by atoms with van der Waals surface area (Å²) in [6.07, 6.45) is 1.54. The van der Waals surface area contributed by atoms with Crippen LogP contribution in [0.3, 0.4) is 0 Å². The van der Waals surface area contributed by atoms with Gasteiger partial charge in [-0.3, -0.25) is 0 Å². The monoisotopic (exact) mass is 459 g/mol. The highest BCUT2D eigenvalue weighted by atomic mass is 79.9. The maximum absolute atomic E-state index is 10.6. The van der Waals surface area contributed by atoms with Gasteiger partial charge in [-0.15, -0.1) is 16.9 Å². The van der Waals surface area contributed by atoms with Crippen LogP contribution in [0.25, 0.3) is 10.9 Å². The maximum Gasteiger partial charge on any atom is 0.138 e. The number of aromatic hydroxyl groups is 1. The summed E-state index contributed by atoms with van der Waals surface area (Å²) in [5.41, 5.74) is 2.98. The third-order valence-corrected chi connectivity index (χ3v) is 6.29. The third-order valence-electron chi connectivity index (χ3n) is 4.64. The molecule has 0 unspecified atom stereocenters. The van der Waals surface area contributed by atoms with Crippen molar-refractivity contribution in [2.45, 2.75) is 17.2 Å². The van der Waals surface area contributed by atoms with Crippen molar-refractivity contribution in [1.82, 2.24) is 24.8 Å². The first-order valence-corrected chi connectivity index (χ1v) is 10.3. The molecule has 1 N–H and O–H groups in total. The summed E-state index contributed by atoms with van der Waals surface area (Å²) < 4.78 is 9.61. The minimum absolute atomic E-state index is 0.211. The largest absolute Gasteiger partial charge is 0.506 e. The van der Waals surface area contributed by atoms with E-state index in [-0.39, 0.29) is 5.75 Å². The molecule has 4 rings (SSSR count). The number of ether oxygens (including phenoxy) is 1. The van der Waals surface area contributed by atoms with E-state index in [4.69, 9.17) is 4.74 Å². The van der Waals surface area contributed by atoms with E-state index in [1.54, 1.807) is 23.6 Å². The number of nitrogens with zero attached hydrogens (tertiary/aromatic N) is 5. The normalized spacial score (nSPS) is 11.2. The summed E-state index contributed by atoms with van der Waals surface area (Å²) in [6.45, 7) is 0.393. The number of methoxy groups -OCH3 is 1. The molecule has 0 atom stereocenters. The molecule has 2 aromatic carbocycles. The number of tetrazole rings is 1. The Hall–Kier alpha value is -2.52. The first-order valence-electron chi connectivity index (χ1n) is 8.53. The van der Waals surface area contributed by atoms with Crippen molar-refractivity contribution < 1.29 is 9.84 Å². The van der Waals surface area contributed by atoms with Gasteiger partial charge in [0.1, 0.15) is 17.8 Å². The van der Waals surface area contributed by atoms with Gasteiger partial charge in [-0.25, -0.2) is 4.68 Å². The van der Waals surface area contributed by atoms with Crippen molar-refractivity contribution in [3.05, 3.63) is 58.5 Å². The molecule has 0 saturated heterocycles. The van der Waals surface area contributed by atoms with Crippen LogP contribution in [-0.4, -0.2) is 37.0 Å². The van der Waals surface area contributed by atoms with E-state index in [9.17, 15) is 5.11 Å². The molecule has 0 aliphatic rings. The molecule has 0 saturated carbocycles. The van der Waals surface area contributed by atoms with Gasteiger partial charge in [0.15, 0.2) is 0 Å². The smallest absolute Gasteiger partial charge is 0.138 e. The number of rotatable bonds is 6. The number of thioether (sulfide) groups is 1. The molecular formula is C19H18BrN5O2S. The number of phenols is 1. The lowest BCUT2D eigenvalue weighted by atomic mass is 10.1. The SMILES string of the molecule is COc1ccc(SCc2cc3c(Cn4cnnn4)c(O)c(Br)cc3n2C)cc1. The zero-order valence-electron chi connectivity index (χ0n) is 15.3. The summed E-state index contributed by atoms with van der Waals surface area (Å²) in [7, 11) is 3.70. The molecule has 144 valence electrons. The van der Waals surface area contributed by atoms with E-state index in [2.05, 4.69) is 54.2 Å². The van der Waals surface area contributed by atoms with Crippen LogP contribution >= 0.6 is 27.7 Å². The Morgan fingerprint density at radius 2 is 2.00 bits per heavy atom. The van der Waals surface area contributed by atoms with E-state index in [1.807, 2.05) is 25.2 Å². The Kier molecular flexibility index (Phi) is 5.27. The third kappa shape index (κ3) is 3.59. The maximum atomic E-state index is 10.6. The van der Waals surface area contributed by atoms with Crippen LogP contribution in [0.2, 0.25) is 0 Å². The fourth-order valence-electron chi connectivity index (χ4n) is 3.09. The summed E-state index contributed by atoms with van der Waals surface area (Å²) in [5.74, 6) is 1.87. The van der Waals surface area contributed by atoms with E-state index >= 15 is 0 Å². The Morgan fingerprint density at radius 1 is 1.21 bits per heavy atom. The molecule has 0 radical (unpaired) electrons. The average Bonchev–Trinajstić information content (AvgIpc) is 3.33. The average molecular weight is 460 g/mol. The highest BCUT2D eigenvalue weighted by molar-refractivity contribution is 9.10. The number of hydrogen-bond acceptors (Lipinski definition) is 6. The quantitative estimate of drug-likeness (QED) is 0.439. The second-order valence-corrected chi connectivity index (χ2v) is 8.19. The fourth-order valence-corrected chi connectivity index (χ4v) is 4.47. The number of benzene rings is 2. The second-order valence-electron chi connectivity index (χ2n) is 6.28. The molecule has 0 bridgehead atoms. The van der Waals surface area contributed by atoms with E-state index in [0.717, 1.165) is 33.7 Å². The van der Waals surface area contributed by atoms with Gasteiger partial charge in [-0.1, -0.05) is 0 Å². The number of halogens is 1. The Labute approximate surface area is 174 Å². The lowest BCUT2D eigenvalue weighted by Crippen LogP contribution is -2.02. The lowest BCUT2D eigenvalue weighted by molar-refractivity contribution is 0.414. The predicted molar refractivity (Wildman–Crippen MR) is 112 cm³/mol. The molecule has 7 nitrogen and oxygen atoms in total. The minimum atomic E-state index is 0.211. The summed E-state index contributed by atoms with van der Waals surface area (Å²) in [6, 6.07) is 12.1. The van der Waals surface area contributed by atoms with Gasteiger partial charge in [0.2, 0.25) is 0 Å². The minimum Gasteiger partial charge on any atom is -0.506 e. The molecular weight excluding hydrogens is 442 g/mol. The molecule has 0 aliphatic carbocycles. The number of aryl methyl sites for hydroxylation is 1. The van der Waals surface area contributed by atoms with Gasteiger partial charge in [-0.2, -0.15) is 0 Å². The molecule has 0 amide bonds. The van der Waals surface area contributed by atoms with Crippen molar-refractivity contribution in [3.8, 4) is 11.5 Å². The first kappa shape index (κ1) is 18.8. The topological polar surface area (TPSA) is 78.0 Å². The Morgan fingerprint density at radius 3 is 2.68 bits per heavy atom. The van der Waals surface area contributed by atoms with E-state index in [1.165, 1.54) is 11.2 Å². The van der Waals surface area contributed by atoms with Crippen LogP contribution in [0.4, 0.5) is 0 Å². The van der Waals surface area contributed by atoms with E-state index in [0.29, 0.717) is 11.0 Å². The highest BCUT2D eigenvalue weighted by Crippen LogP contribution is 2.37. The first-order chi connectivity index (χ1) is 13.6. The van der Waals surface area contributed by atoms with Gasteiger partial charge in [0, 0.05) is 39.9 Å².